The van der Waals surface area contributed by atoms with Crippen LogP contribution in [-0.2, 0) is 10.5 Å². The highest BCUT2D eigenvalue weighted by Crippen LogP contribution is 2.35. The van der Waals surface area contributed by atoms with Crippen molar-refractivity contribution in [1.82, 2.24) is 30.4 Å². The summed E-state index contributed by atoms with van der Waals surface area (Å²) in [6.45, 7) is 1.97. The molecule has 0 bridgehead atoms. The van der Waals surface area contributed by atoms with Crippen molar-refractivity contribution in [2.75, 3.05) is 6.61 Å². The lowest BCUT2D eigenvalue weighted by Crippen LogP contribution is -2.04. The van der Waals surface area contributed by atoms with E-state index < -0.39 is 5.97 Å². The third-order valence-corrected chi connectivity index (χ3v) is 3.45. The van der Waals surface area contributed by atoms with E-state index in [-0.39, 0.29) is 12.5 Å². The van der Waals surface area contributed by atoms with E-state index in [0.717, 1.165) is 18.7 Å². The molecule has 10 heteroatoms. The van der Waals surface area contributed by atoms with Crippen molar-refractivity contribution in [3.63, 3.8) is 0 Å². The molecule has 9 nitrogen and oxygen atoms in total. The minimum Gasteiger partial charge on any atom is -0.459 e. The summed E-state index contributed by atoms with van der Waals surface area (Å²) in [6, 6.07) is 0.415. The smallest absolute Gasteiger partial charge is 0.396 e. The molecule has 1 aliphatic rings. The lowest BCUT2D eigenvalue weighted by Gasteiger charge is -1.99. The largest absolute Gasteiger partial charge is 0.459 e. The number of rotatable bonds is 6. The first-order valence-electron chi connectivity index (χ1n) is 6.18. The second-order valence-electron chi connectivity index (χ2n) is 4.15. The molecule has 3 rings (SSSR count). The third-order valence-electron chi connectivity index (χ3n) is 2.63. The molecule has 0 spiro atoms. The molecule has 2 heterocycles. The van der Waals surface area contributed by atoms with E-state index in [4.69, 9.17) is 9.15 Å². The van der Waals surface area contributed by atoms with Gasteiger partial charge in [0, 0.05) is 0 Å². The van der Waals surface area contributed by atoms with Crippen LogP contribution in [0, 0.1) is 0 Å². The van der Waals surface area contributed by atoms with Crippen LogP contribution in [0.5, 0.6) is 0 Å². The highest BCUT2D eigenvalue weighted by atomic mass is 32.2. The van der Waals surface area contributed by atoms with Gasteiger partial charge in [-0.25, -0.2) is 9.48 Å². The van der Waals surface area contributed by atoms with Crippen molar-refractivity contribution >= 4 is 17.7 Å². The predicted octanol–water partition coefficient (Wildman–Crippen LogP) is 0.860. The fourth-order valence-electron chi connectivity index (χ4n) is 1.58. The molecule has 0 unspecified atom stereocenters. The van der Waals surface area contributed by atoms with E-state index in [2.05, 4.69) is 25.7 Å². The van der Waals surface area contributed by atoms with Crippen molar-refractivity contribution in [2.24, 2.45) is 0 Å². The van der Waals surface area contributed by atoms with E-state index in [1.54, 1.807) is 6.92 Å². The molecule has 1 fully saturated rings. The molecule has 0 aromatic carbocycles. The molecule has 0 amide bonds. The topological polar surface area (TPSA) is 109 Å². The Hall–Kier alpha value is -1.97. The van der Waals surface area contributed by atoms with Gasteiger partial charge in [-0.05, 0) is 30.2 Å². The quantitative estimate of drug-likeness (QED) is 0.566. The zero-order chi connectivity index (χ0) is 13.9. The van der Waals surface area contributed by atoms with Crippen LogP contribution in [0.3, 0.4) is 0 Å². The van der Waals surface area contributed by atoms with Gasteiger partial charge >= 0.3 is 11.9 Å². The maximum absolute atomic E-state index is 11.4. The second kappa shape index (κ2) is 5.57. The zero-order valence-corrected chi connectivity index (χ0v) is 11.5. The fourth-order valence-corrected chi connectivity index (χ4v) is 2.26. The monoisotopic (exact) mass is 296 g/mol. The molecule has 20 heavy (non-hydrogen) atoms. The van der Waals surface area contributed by atoms with E-state index in [1.165, 1.54) is 11.8 Å². The van der Waals surface area contributed by atoms with Crippen molar-refractivity contribution in [3.05, 3.63) is 11.7 Å². The van der Waals surface area contributed by atoms with Crippen LogP contribution in [0.4, 0.5) is 0 Å². The van der Waals surface area contributed by atoms with Gasteiger partial charge in [-0.2, -0.15) is 0 Å². The van der Waals surface area contributed by atoms with Gasteiger partial charge in [0.05, 0.1) is 18.4 Å². The van der Waals surface area contributed by atoms with Crippen molar-refractivity contribution in [1.29, 1.82) is 0 Å². The summed E-state index contributed by atoms with van der Waals surface area (Å²) in [7, 11) is 0. The highest BCUT2D eigenvalue weighted by Gasteiger charge is 2.28. The van der Waals surface area contributed by atoms with Crippen LogP contribution in [0.15, 0.2) is 9.64 Å². The van der Waals surface area contributed by atoms with Gasteiger partial charge in [0.25, 0.3) is 5.22 Å². The van der Waals surface area contributed by atoms with Crippen LogP contribution >= 0.6 is 11.8 Å². The summed E-state index contributed by atoms with van der Waals surface area (Å²) in [5.41, 5.74) is 0. The Morgan fingerprint density at radius 1 is 1.45 bits per heavy atom. The summed E-state index contributed by atoms with van der Waals surface area (Å²) in [6.07, 6.45) is 2.21. The van der Waals surface area contributed by atoms with E-state index in [9.17, 15) is 4.79 Å². The van der Waals surface area contributed by atoms with Gasteiger partial charge in [-0.15, -0.1) is 10.2 Å². The minimum atomic E-state index is -0.616. The van der Waals surface area contributed by atoms with Gasteiger partial charge in [-0.1, -0.05) is 16.9 Å². The molecule has 0 radical (unpaired) electrons. The fraction of sp³-hybridized carbons (Fsp3) is 0.600. The van der Waals surface area contributed by atoms with Crippen LogP contribution in [0.25, 0.3) is 0 Å². The number of hydrogen-bond donors (Lipinski definition) is 0. The van der Waals surface area contributed by atoms with E-state index in [0.29, 0.717) is 17.0 Å². The average molecular weight is 296 g/mol. The molecular formula is C10H12N6O3S. The van der Waals surface area contributed by atoms with Gasteiger partial charge in [0.15, 0.2) is 5.82 Å². The molecule has 0 atom stereocenters. The van der Waals surface area contributed by atoms with Crippen molar-refractivity contribution in [2.45, 2.75) is 36.8 Å². The maximum Gasteiger partial charge on any atom is 0.396 e. The number of thioether (sulfide) groups is 1. The SMILES string of the molecule is CCOC(=O)c1nnc(SCc2nnnn2C2CC2)o1. The van der Waals surface area contributed by atoms with E-state index >= 15 is 0 Å². The first-order chi connectivity index (χ1) is 9.78. The number of carbonyl (C=O) groups excluding carboxylic acids is 1. The van der Waals surface area contributed by atoms with Crippen LogP contribution < -0.4 is 0 Å². The molecule has 2 aromatic heterocycles. The molecule has 0 saturated heterocycles. The number of hydrogen-bond acceptors (Lipinski definition) is 9. The molecule has 2 aromatic rings. The second-order valence-corrected chi connectivity index (χ2v) is 5.08. The zero-order valence-electron chi connectivity index (χ0n) is 10.7. The maximum atomic E-state index is 11.4. The summed E-state index contributed by atoms with van der Waals surface area (Å²) in [5.74, 6) is 0.507. The number of nitrogens with zero attached hydrogens (tertiary/aromatic N) is 6. The van der Waals surface area contributed by atoms with Crippen molar-refractivity contribution < 1.29 is 13.9 Å². The Morgan fingerprint density at radius 2 is 2.30 bits per heavy atom. The summed E-state index contributed by atoms with van der Waals surface area (Å²) < 4.78 is 11.8. The normalized spacial score (nSPS) is 14.4. The Morgan fingerprint density at radius 3 is 3.05 bits per heavy atom. The van der Waals surface area contributed by atoms with Gasteiger partial charge in [0.1, 0.15) is 0 Å². The molecule has 1 aliphatic carbocycles. The minimum absolute atomic E-state index is 0.142. The van der Waals surface area contributed by atoms with Gasteiger partial charge < -0.3 is 9.15 Å². The predicted molar refractivity (Wildman–Crippen MR) is 65.9 cm³/mol. The summed E-state index contributed by atoms with van der Waals surface area (Å²) in [4.78, 5) is 11.4. The number of aromatic nitrogens is 6. The summed E-state index contributed by atoms with van der Waals surface area (Å²) >= 11 is 1.28. The number of esters is 1. The summed E-state index contributed by atoms with van der Waals surface area (Å²) in [5, 5.41) is 19.3. The number of carbonyl (C=O) groups is 1. The average Bonchev–Trinajstić information content (AvgIpc) is 3.01. The van der Waals surface area contributed by atoms with Crippen LogP contribution in [0.2, 0.25) is 0 Å². The number of ether oxygens (including phenoxy) is 1. The molecule has 1 saturated carbocycles. The highest BCUT2D eigenvalue weighted by molar-refractivity contribution is 7.98. The van der Waals surface area contributed by atoms with Crippen molar-refractivity contribution in [3.8, 4) is 0 Å². The lowest BCUT2D eigenvalue weighted by molar-refractivity contribution is 0.0475. The van der Waals surface area contributed by atoms with E-state index in [1.807, 2.05) is 4.68 Å². The Labute approximate surface area is 118 Å². The van der Waals surface area contributed by atoms with Gasteiger partial charge in [0.2, 0.25) is 0 Å². The Bertz CT molecular complexity index is 608. The van der Waals surface area contributed by atoms with Crippen LogP contribution in [-0.4, -0.2) is 43.0 Å². The standard InChI is InChI=1S/C10H12N6O3S/c1-2-18-9(17)8-12-13-10(19-8)20-5-7-11-14-15-16(7)6-3-4-6/h6H,2-5H2,1H3. The molecular weight excluding hydrogens is 284 g/mol. The number of tetrazole rings is 1. The lowest BCUT2D eigenvalue weighted by atomic mass is 10.6. The Balaban J connectivity index is 1.60. The first kappa shape index (κ1) is 13.0. The Kier molecular flexibility index (Phi) is 3.63. The molecule has 0 N–H and O–H groups in total. The van der Waals surface area contributed by atoms with Gasteiger partial charge in [-0.3, -0.25) is 0 Å². The third kappa shape index (κ3) is 2.79. The molecule has 106 valence electrons. The van der Waals surface area contributed by atoms with Crippen LogP contribution in [0.1, 0.15) is 42.3 Å². The molecule has 0 aliphatic heterocycles. The first-order valence-corrected chi connectivity index (χ1v) is 7.16.